The summed E-state index contributed by atoms with van der Waals surface area (Å²) in [6.45, 7) is 18.9. The maximum Gasteiger partial charge on any atom is 0.253 e. The molecule has 0 N–H and O–H groups in total. The number of benzene rings is 1. The molecule has 1 aromatic rings. The fraction of sp³-hybridized carbons (Fsp3) is 0.632. The first-order chi connectivity index (χ1) is 9.52. The molecule has 0 spiro atoms. The zero-order valence-electron chi connectivity index (χ0n) is 15.0. The van der Waals surface area contributed by atoms with Crippen molar-refractivity contribution < 1.29 is 4.79 Å². The molecule has 1 rings (SSSR count). The molecule has 0 bridgehead atoms. The summed E-state index contributed by atoms with van der Waals surface area (Å²) in [5.41, 5.74) is 3.51. The first kappa shape index (κ1) is 17.7. The van der Waals surface area contributed by atoms with Crippen LogP contribution in [0, 0.1) is 0 Å². The van der Waals surface area contributed by atoms with Crippen molar-refractivity contribution in [3.63, 3.8) is 0 Å². The molecular formula is C19H31NO. The third-order valence-electron chi connectivity index (χ3n) is 3.93. The van der Waals surface area contributed by atoms with E-state index in [1.807, 2.05) is 24.8 Å². The zero-order valence-corrected chi connectivity index (χ0v) is 15.0. The molecule has 0 atom stereocenters. The van der Waals surface area contributed by atoms with Crippen LogP contribution in [0.25, 0.3) is 0 Å². The molecule has 0 fully saturated rings. The number of hydrogen-bond acceptors (Lipinski definition) is 1. The molecule has 0 aromatic heterocycles. The van der Waals surface area contributed by atoms with Crippen molar-refractivity contribution in [2.24, 2.45) is 0 Å². The summed E-state index contributed by atoms with van der Waals surface area (Å²) in [7, 11) is 0. The van der Waals surface area contributed by atoms with Crippen molar-refractivity contribution in [1.29, 1.82) is 0 Å². The van der Waals surface area contributed by atoms with Gasteiger partial charge >= 0.3 is 0 Å². The predicted molar refractivity (Wildman–Crippen MR) is 91.1 cm³/mol. The Morgan fingerprint density at radius 1 is 0.905 bits per heavy atom. The van der Waals surface area contributed by atoms with Crippen LogP contribution in [0.1, 0.15) is 76.9 Å². The first-order valence-corrected chi connectivity index (χ1v) is 7.96. The van der Waals surface area contributed by atoms with E-state index in [1.165, 1.54) is 11.1 Å². The molecule has 1 aromatic carbocycles. The number of rotatable bonds is 3. The second kappa shape index (κ2) is 6.21. The minimum Gasteiger partial charge on any atom is -0.339 e. The minimum atomic E-state index is 0.0299. The summed E-state index contributed by atoms with van der Waals surface area (Å²) in [6, 6.07) is 6.22. The van der Waals surface area contributed by atoms with Crippen molar-refractivity contribution in [3.8, 4) is 0 Å². The molecule has 2 heteroatoms. The lowest BCUT2D eigenvalue weighted by atomic mass is 9.74. The Kier molecular flexibility index (Phi) is 5.25. The largest absolute Gasteiger partial charge is 0.339 e. The predicted octanol–water partition coefficient (Wildman–Crippen LogP) is 4.76. The average molecular weight is 289 g/mol. The highest BCUT2D eigenvalue weighted by molar-refractivity contribution is 5.94. The van der Waals surface area contributed by atoms with Crippen LogP contribution in [0.5, 0.6) is 0 Å². The van der Waals surface area contributed by atoms with E-state index in [2.05, 4.69) is 53.7 Å². The molecule has 0 aliphatic carbocycles. The zero-order chi connectivity index (χ0) is 16.4. The quantitative estimate of drug-likeness (QED) is 0.785. The van der Waals surface area contributed by atoms with Gasteiger partial charge in [-0.3, -0.25) is 4.79 Å². The van der Waals surface area contributed by atoms with Crippen molar-refractivity contribution in [1.82, 2.24) is 4.90 Å². The lowest BCUT2D eigenvalue weighted by Crippen LogP contribution is -2.31. The Labute approximate surface area is 130 Å². The van der Waals surface area contributed by atoms with Gasteiger partial charge in [-0.05, 0) is 47.9 Å². The van der Waals surface area contributed by atoms with E-state index in [0.717, 1.165) is 18.7 Å². The normalized spacial score (nSPS) is 12.4. The lowest BCUT2D eigenvalue weighted by Gasteiger charge is -2.31. The van der Waals surface area contributed by atoms with Crippen LogP contribution in [-0.4, -0.2) is 23.9 Å². The summed E-state index contributed by atoms with van der Waals surface area (Å²) >= 11 is 0. The molecule has 21 heavy (non-hydrogen) atoms. The van der Waals surface area contributed by atoms with Gasteiger partial charge in [0.2, 0.25) is 0 Å². The van der Waals surface area contributed by atoms with Crippen molar-refractivity contribution in [3.05, 3.63) is 34.9 Å². The Balaban J connectivity index is 3.39. The summed E-state index contributed by atoms with van der Waals surface area (Å²) in [4.78, 5) is 14.4. The second-order valence-electron chi connectivity index (χ2n) is 7.74. The molecule has 0 aliphatic rings. The SMILES string of the molecule is CCN(CC)C(=O)c1ccc(C(C)(C)C)c(C(C)(C)C)c1. The highest BCUT2D eigenvalue weighted by Crippen LogP contribution is 2.34. The van der Waals surface area contributed by atoms with Gasteiger partial charge in [-0.25, -0.2) is 0 Å². The van der Waals surface area contributed by atoms with Crippen molar-refractivity contribution in [2.45, 2.75) is 66.2 Å². The van der Waals surface area contributed by atoms with Gasteiger partial charge in [0.15, 0.2) is 0 Å². The second-order valence-corrected chi connectivity index (χ2v) is 7.74. The van der Waals surface area contributed by atoms with E-state index in [0.29, 0.717) is 0 Å². The lowest BCUT2D eigenvalue weighted by molar-refractivity contribution is 0.0773. The van der Waals surface area contributed by atoms with E-state index < -0.39 is 0 Å². The minimum absolute atomic E-state index is 0.0299. The van der Waals surface area contributed by atoms with Gasteiger partial charge in [0.1, 0.15) is 0 Å². The number of amides is 1. The van der Waals surface area contributed by atoms with Gasteiger partial charge in [-0.1, -0.05) is 47.6 Å². The molecule has 0 saturated heterocycles. The first-order valence-electron chi connectivity index (χ1n) is 7.96. The van der Waals surface area contributed by atoms with E-state index in [4.69, 9.17) is 0 Å². The van der Waals surface area contributed by atoms with E-state index in [1.54, 1.807) is 0 Å². The fourth-order valence-corrected chi connectivity index (χ4v) is 2.65. The molecule has 0 unspecified atom stereocenters. The van der Waals surface area contributed by atoms with Crippen molar-refractivity contribution in [2.75, 3.05) is 13.1 Å². The van der Waals surface area contributed by atoms with Gasteiger partial charge in [-0.2, -0.15) is 0 Å². The average Bonchev–Trinajstić information content (AvgIpc) is 2.37. The maximum absolute atomic E-state index is 12.6. The van der Waals surface area contributed by atoms with Gasteiger partial charge in [-0.15, -0.1) is 0 Å². The van der Waals surface area contributed by atoms with Crippen LogP contribution in [-0.2, 0) is 10.8 Å². The molecule has 0 heterocycles. The smallest absolute Gasteiger partial charge is 0.253 e. The fourth-order valence-electron chi connectivity index (χ4n) is 2.65. The third kappa shape index (κ3) is 4.09. The molecule has 118 valence electrons. The monoisotopic (exact) mass is 289 g/mol. The standard InChI is InChI=1S/C19H31NO/c1-9-20(10-2)17(21)14-11-12-15(18(3,4)5)16(13-14)19(6,7)8/h11-13H,9-10H2,1-8H3. The Morgan fingerprint density at radius 3 is 1.76 bits per heavy atom. The summed E-state index contributed by atoms with van der Waals surface area (Å²) in [5.74, 6) is 0.131. The number of nitrogens with zero attached hydrogens (tertiary/aromatic N) is 1. The Bertz CT molecular complexity index is 499. The van der Waals surface area contributed by atoms with Crippen LogP contribution in [0.4, 0.5) is 0 Å². The molecule has 1 amide bonds. The molecule has 0 aliphatic heterocycles. The number of hydrogen-bond donors (Lipinski definition) is 0. The van der Waals surface area contributed by atoms with Gasteiger partial charge in [0.25, 0.3) is 5.91 Å². The van der Waals surface area contributed by atoms with Crippen LogP contribution in [0.2, 0.25) is 0 Å². The van der Waals surface area contributed by atoms with Crippen LogP contribution in [0.15, 0.2) is 18.2 Å². The Morgan fingerprint density at radius 2 is 1.38 bits per heavy atom. The van der Waals surface area contributed by atoms with Crippen LogP contribution in [0.3, 0.4) is 0 Å². The summed E-state index contributed by atoms with van der Waals surface area (Å²) in [5, 5.41) is 0. The third-order valence-corrected chi connectivity index (χ3v) is 3.93. The molecular weight excluding hydrogens is 258 g/mol. The van der Waals surface area contributed by atoms with Gasteiger partial charge < -0.3 is 4.90 Å². The summed E-state index contributed by atoms with van der Waals surface area (Å²) < 4.78 is 0. The highest BCUT2D eigenvalue weighted by atomic mass is 16.2. The number of carbonyl (C=O) groups is 1. The highest BCUT2D eigenvalue weighted by Gasteiger charge is 2.26. The van der Waals surface area contributed by atoms with Crippen LogP contribution >= 0.6 is 0 Å². The van der Waals surface area contributed by atoms with Gasteiger partial charge in [0, 0.05) is 18.7 Å². The van der Waals surface area contributed by atoms with E-state index in [9.17, 15) is 4.79 Å². The van der Waals surface area contributed by atoms with Crippen LogP contribution < -0.4 is 0 Å². The topological polar surface area (TPSA) is 20.3 Å². The summed E-state index contributed by atoms with van der Waals surface area (Å²) in [6.07, 6.45) is 0. The van der Waals surface area contributed by atoms with Gasteiger partial charge in [0.05, 0.1) is 0 Å². The Hall–Kier alpha value is -1.31. The molecule has 2 nitrogen and oxygen atoms in total. The van der Waals surface area contributed by atoms with E-state index in [-0.39, 0.29) is 16.7 Å². The molecule has 0 radical (unpaired) electrons. The van der Waals surface area contributed by atoms with E-state index >= 15 is 0 Å². The molecule has 0 saturated carbocycles. The number of carbonyl (C=O) groups excluding carboxylic acids is 1. The maximum atomic E-state index is 12.6. The van der Waals surface area contributed by atoms with Crippen molar-refractivity contribution >= 4 is 5.91 Å².